The average molecular weight is 433 g/mol. The van der Waals surface area contributed by atoms with Crippen LogP contribution >= 0.6 is 0 Å². The molecule has 0 radical (unpaired) electrons. The number of aromatic nitrogens is 2. The quantitative estimate of drug-likeness (QED) is 0.284. The third-order valence-electron chi connectivity index (χ3n) is 6.53. The first-order valence-corrected chi connectivity index (χ1v) is 11.4. The Bertz CT molecular complexity index is 1440. The molecular weight excluding hydrogens is 402 g/mol. The fourth-order valence-electron chi connectivity index (χ4n) is 5.20. The number of hydrogen-bond donors (Lipinski definition) is 0. The van der Waals surface area contributed by atoms with Gasteiger partial charge in [-0.25, -0.2) is 9.13 Å². The molecule has 3 aromatic carbocycles. The molecule has 3 heteroatoms. The number of rotatable bonds is 4. The minimum absolute atomic E-state index is 1.15. The van der Waals surface area contributed by atoms with E-state index in [2.05, 4.69) is 140 Å². The van der Waals surface area contributed by atoms with Crippen LogP contribution in [0.4, 0.5) is 11.5 Å². The van der Waals surface area contributed by atoms with Crippen molar-refractivity contribution in [1.29, 1.82) is 0 Å². The van der Waals surface area contributed by atoms with Crippen molar-refractivity contribution in [2.45, 2.75) is 20.8 Å². The molecular formula is C30H30N3+. The fraction of sp³-hybridized carbons (Fsp3) is 0.167. The third-order valence-corrected chi connectivity index (χ3v) is 6.53. The number of anilines is 2. The Morgan fingerprint density at radius 3 is 2.15 bits per heavy atom. The monoisotopic (exact) mass is 432 g/mol. The van der Waals surface area contributed by atoms with Crippen LogP contribution in [0.25, 0.3) is 27.8 Å². The summed E-state index contributed by atoms with van der Waals surface area (Å²) in [6, 6.07) is 30.4. The summed E-state index contributed by atoms with van der Waals surface area (Å²) in [4.78, 5) is 2.31. The highest BCUT2D eigenvalue weighted by molar-refractivity contribution is 5.81. The molecule has 0 bridgehead atoms. The smallest absolute Gasteiger partial charge is 0.240 e. The van der Waals surface area contributed by atoms with E-state index < -0.39 is 0 Å². The van der Waals surface area contributed by atoms with Crippen molar-refractivity contribution < 1.29 is 4.57 Å². The standard InChI is InChI=1S/C30H30N3/c1-21-19-22(2)29(23(3)20-21)31(4)28-16-15-25-17-18-33(30(25)32(28)5)27-14-10-9-13-26(27)24-11-7-6-8-12-24/h6-20H,1-5H3/q+1. The van der Waals surface area contributed by atoms with Gasteiger partial charge in [-0.05, 0) is 55.7 Å². The van der Waals surface area contributed by atoms with Crippen LogP contribution in [0.5, 0.6) is 0 Å². The second kappa shape index (κ2) is 8.25. The first kappa shape index (κ1) is 21.0. The van der Waals surface area contributed by atoms with Crippen LogP contribution < -0.4 is 9.47 Å². The van der Waals surface area contributed by atoms with E-state index in [-0.39, 0.29) is 0 Å². The van der Waals surface area contributed by atoms with E-state index in [0.717, 1.165) is 5.82 Å². The summed E-state index contributed by atoms with van der Waals surface area (Å²) >= 11 is 0. The van der Waals surface area contributed by atoms with Gasteiger partial charge < -0.3 is 0 Å². The van der Waals surface area contributed by atoms with Gasteiger partial charge in [-0.2, -0.15) is 0 Å². The van der Waals surface area contributed by atoms with Crippen molar-refractivity contribution in [3.8, 4) is 16.8 Å². The number of hydrogen-bond acceptors (Lipinski definition) is 1. The van der Waals surface area contributed by atoms with Gasteiger partial charge in [-0.1, -0.05) is 66.2 Å². The van der Waals surface area contributed by atoms with Crippen molar-refractivity contribution in [3.05, 3.63) is 108 Å². The third kappa shape index (κ3) is 3.60. The lowest BCUT2D eigenvalue weighted by Gasteiger charge is -2.21. The zero-order valence-corrected chi connectivity index (χ0v) is 20.0. The highest BCUT2D eigenvalue weighted by Crippen LogP contribution is 2.32. The second-order valence-electron chi connectivity index (χ2n) is 8.90. The van der Waals surface area contributed by atoms with Crippen LogP contribution in [0, 0.1) is 20.8 Å². The summed E-state index contributed by atoms with van der Waals surface area (Å²) in [6.07, 6.45) is 2.18. The van der Waals surface area contributed by atoms with E-state index in [1.54, 1.807) is 0 Å². The molecule has 0 N–H and O–H groups in total. The first-order chi connectivity index (χ1) is 16.0. The molecule has 0 atom stereocenters. The van der Waals surface area contributed by atoms with Crippen LogP contribution in [-0.2, 0) is 7.05 Å². The van der Waals surface area contributed by atoms with E-state index in [9.17, 15) is 0 Å². The summed E-state index contributed by atoms with van der Waals surface area (Å²) in [5.41, 5.74) is 9.94. The van der Waals surface area contributed by atoms with Crippen molar-refractivity contribution >= 4 is 22.5 Å². The molecule has 0 fully saturated rings. The number of aryl methyl sites for hydroxylation is 4. The van der Waals surface area contributed by atoms with Crippen molar-refractivity contribution in [2.75, 3.05) is 11.9 Å². The molecule has 2 heterocycles. The Morgan fingerprint density at radius 2 is 1.42 bits per heavy atom. The van der Waals surface area contributed by atoms with Gasteiger partial charge in [-0.15, -0.1) is 0 Å². The lowest BCUT2D eigenvalue weighted by Crippen LogP contribution is -2.38. The molecule has 0 saturated heterocycles. The molecule has 5 aromatic rings. The Kier molecular flexibility index (Phi) is 5.26. The summed E-state index contributed by atoms with van der Waals surface area (Å²) in [6.45, 7) is 6.55. The summed E-state index contributed by atoms with van der Waals surface area (Å²) in [7, 11) is 4.33. The lowest BCUT2D eigenvalue weighted by atomic mass is 10.0. The van der Waals surface area contributed by atoms with Gasteiger partial charge >= 0.3 is 0 Å². The summed E-state index contributed by atoms with van der Waals surface area (Å²) in [5, 5.41) is 1.22. The molecule has 0 spiro atoms. The molecule has 2 aromatic heterocycles. The fourth-order valence-corrected chi connectivity index (χ4v) is 5.20. The molecule has 0 aliphatic rings. The van der Waals surface area contributed by atoms with E-state index in [0.29, 0.717) is 0 Å². The van der Waals surface area contributed by atoms with Gasteiger partial charge in [0.1, 0.15) is 11.4 Å². The molecule has 0 unspecified atom stereocenters. The zero-order chi connectivity index (χ0) is 23.1. The Morgan fingerprint density at radius 1 is 0.758 bits per heavy atom. The van der Waals surface area contributed by atoms with E-state index in [4.69, 9.17) is 0 Å². The number of para-hydroxylation sites is 1. The normalized spacial score (nSPS) is 11.2. The molecule has 164 valence electrons. The van der Waals surface area contributed by atoms with Crippen LogP contribution in [0.3, 0.4) is 0 Å². The van der Waals surface area contributed by atoms with E-state index in [1.165, 1.54) is 50.2 Å². The van der Waals surface area contributed by atoms with Crippen molar-refractivity contribution in [2.24, 2.45) is 7.05 Å². The molecule has 5 rings (SSSR count). The Hall–Kier alpha value is -3.85. The topological polar surface area (TPSA) is 12.1 Å². The van der Waals surface area contributed by atoms with Crippen molar-refractivity contribution in [1.82, 2.24) is 4.57 Å². The van der Waals surface area contributed by atoms with Gasteiger partial charge in [0, 0.05) is 11.6 Å². The predicted molar refractivity (Wildman–Crippen MR) is 139 cm³/mol. The first-order valence-electron chi connectivity index (χ1n) is 11.4. The molecule has 0 saturated carbocycles. The highest BCUT2D eigenvalue weighted by Gasteiger charge is 2.22. The maximum Gasteiger partial charge on any atom is 0.240 e. The molecule has 0 aliphatic heterocycles. The van der Waals surface area contributed by atoms with E-state index >= 15 is 0 Å². The number of fused-ring (bicyclic) bond motifs is 1. The highest BCUT2D eigenvalue weighted by atomic mass is 15.2. The minimum Gasteiger partial charge on any atom is -0.262 e. The maximum absolute atomic E-state index is 2.31. The molecule has 3 nitrogen and oxygen atoms in total. The van der Waals surface area contributed by atoms with Gasteiger partial charge in [0.25, 0.3) is 0 Å². The Labute approximate surface area is 196 Å². The van der Waals surface area contributed by atoms with Gasteiger partial charge in [0.15, 0.2) is 0 Å². The second-order valence-corrected chi connectivity index (χ2v) is 8.90. The van der Waals surface area contributed by atoms with Crippen LogP contribution in [0.2, 0.25) is 0 Å². The van der Waals surface area contributed by atoms with Crippen molar-refractivity contribution in [3.63, 3.8) is 0 Å². The number of benzene rings is 3. The molecule has 0 amide bonds. The zero-order valence-electron chi connectivity index (χ0n) is 20.0. The summed E-state index contributed by atoms with van der Waals surface area (Å²) in [5.74, 6) is 1.15. The minimum atomic E-state index is 1.15. The van der Waals surface area contributed by atoms with Crippen LogP contribution in [0.1, 0.15) is 16.7 Å². The van der Waals surface area contributed by atoms with Crippen LogP contribution in [-0.4, -0.2) is 11.6 Å². The summed E-state index contributed by atoms with van der Waals surface area (Å²) < 4.78 is 4.61. The van der Waals surface area contributed by atoms with E-state index in [1.807, 2.05) is 0 Å². The molecule has 33 heavy (non-hydrogen) atoms. The lowest BCUT2D eigenvalue weighted by molar-refractivity contribution is -0.634. The number of pyridine rings is 1. The van der Waals surface area contributed by atoms with Gasteiger partial charge in [-0.3, -0.25) is 4.90 Å². The van der Waals surface area contributed by atoms with Crippen LogP contribution in [0.15, 0.2) is 91.1 Å². The Balaban J connectivity index is 1.70. The maximum atomic E-state index is 2.31. The van der Waals surface area contributed by atoms with Gasteiger partial charge in [0.05, 0.1) is 25.7 Å². The number of nitrogens with zero attached hydrogens (tertiary/aromatic N) is 3. The SMILES string of the molecule is Cc1cc(C)c(N(C)c2ccc3ccn(-c4ccccc4-c4ccccc4)c3[n+]2C)c(C)c1. The molecule has 0 aliphatic carbocycles. The average Bonchev–Trinajstić information content (AvgIpc) is 3.24. The van der Waals surface area contributed by atoms with Gasteiger partial charge in [0.2, 0.25) is 11.5 Å². The largest absolute Gasteiger partial charge is 0.262 e. The predicted octanol–water partition coefficient (Wildman–Crippen LogP) is 6.82.